The Labute approximate surface area is 844 Å². The van der Waals surface area contributed by atoms with Crippen LogP contribution < -0.4 is 0 Å². The fourth-order valence-electron chi connectivity index (χ4n) is 11.5. The molecule has 8 aromatic carbocycles. The summed E-state index contributed by atoms with van der Waals surface area (Å²) in [5.74, 6) is -5.45. The molecule has 0 unspecified atom stereocenters. The van der Waals surface area contributed by atoms with Gasteiger partial charge in [-0.1, -0.05) is 103 Å². The summed E-state index contributed by atoms with van der Waals surface area (Å²) in [5, 5.41) is 42.2. The van der Waals surface area contributed by atoms with Crippen molar-refractivity contribution < 1.29 is 161 Å². The summed E-state index contributed by atoms with van der Waals surface area (Å²) >= 11 is 0. The number of nitriles is 1. The molecule has 4 radical (unpaired) electrons. The van der Waals surface area contributed by atoms with E-state index >= 15 is 0 Å². The maximum absolute atomic E-state index is 13.1. The van der Waals surface area contributed by atoms with Gasteiger partial charge in [0, 0.05) is 163 Å². The van der Waals surface area contributed by atoms with Crippen LogP contribution in [0.4, 0.5) is 27.6 Å². The second-order valence-electron chi connectivity index (χ2n) is 28.2. The predicted octanol–water partition coefficient (Wildman–Crippen LogP) is 21.3. The Morgan fingerprint density at radius 1 is 0.362 bits per heavy atom. The van der Waals surface area contributed by atoms with Gasteiger partial charge in [0.05, 0.1) is 71.9 Å². The van der Waals surface area contributed by atoms with Crippen LogP contribution in [0.3, 0.4) is 0 Å². The number of pyridine rings is 4. The van der Waals surface area contributed by atoms with Crippen molar-refractivity contribution in [1.82, 2.24) is 59.8 Å². The second-order valence-corrected chi connectivity index (χ2v) is 28.2. The van der Waals surface area contributed by atoms with E-state index in [-0.39, 0.29) is 115 Å². The number of esters is 2. The zero-order chi connectivity index (χ0) is 97.1. The number of ether oxygens (including phenoxy) is 2. The van der Waals surface area contributed by atoms with Gasteiger partial charge in [-0.05, 0) is 167 Å². The molecule has 0 aliphatic rings. The number of halogens is 5. The first-order chi connectivity index (χ1) is 64.2. The number of carboxylic acid groups (broad SMARTS) is 4. The normalized spacial score (nSPS) is 9.89. The molecule has 35 heteroatoms. The first kappa shape index (κ1) is 113. The van der Waals surface area contributed by atoms with Crippen LogP contribution in [0.2, 0.25) is 0 Å². The number of hydrogen-bond acceptors (Lipinski definition) is 21. The molecule has 0 aliphatic heterocycles. The third-order valence-electron chi connectivity index (χ3n) is 18.8. The van der Waals surface area contributed by atoms with Crippen LogP contribution in [-0.2, 0) is 96.1 Å². The Balaban J connectivity index is 0.000000288. The quantitative estimate of drug-likeness (QED) is 0.0446. The van der Waals surface area contributed by atoms with Crippen molar-refractivity contribution in [2.75, 3.05) is 14.2 Å². The maximum atomic E-state index is 13.1. The van der Waals surface area contributed by atoms with Gasteiger partial charge in [-0.15, -0.1) is 119 Å². The Bertz CT molecular complexity index is 6480. The second kappa shape index (κ2) is 55.5. The molecule has 708 valence electrons. The van der Waals surface area contributed by atoms with Crippen molar-refractivity contribution in [2.24, 2.45) is 0 Å². The number of hydrogen-bond donors (Lipinski definition) is 4. The Kier molecular flexibility index (Phi) is 45.6. The summed E-state index contributed by atoms with van der Waals surface area (Å²) in [7, 11) is 2.68. The first-order valence-electron chi connectivity index (χ1n) is 39.9. The number of aryl methyl sites for hydroxylation is 8. The van der Waals surface area contributed by atoms with Gasteiger partial charge in [0.1, 0.15) is 28.6 Å². The van der Waals surface area contributed by atoms with Crippen LogP contribution in [-0.4, -0.2) is 130 Å². The molecule has 0 bridgehead atoms. The Morgan fingerprint density at radius 2 is 0.681 bits per heavy atom. The first-order valence-corrected chi connectivity index (χ1v) is 39.9. The predicted molar refractivity (Wildman–Crippen MR) is 488 cm³/mol. The van der Waals surface area contributed by atoms with Gasteiger partial charge in [-0.2, -0.15) is 13.2 Å². The third-order valence-corrected chi connectivity index (χ3v) is 18.8. The van der Waals surface area contributed by atoms with Crippen molar-refractivity contribution in [2.45, 2.75) is 61.6 Å². The molecule has 0 fully saturated rings. The average Bonchev–Trinajstić information content (AvgIpc) is 0.796. The van der Waals surface area contributed by atoms with E-state index < -0.39 is 47.6 Å². The van der Waals surface area contributed by atoms with Gasteiger partial charge in [0.15, 0.2) is 5.69 Å². The summed E-state index contributed by atoms with van der Waals surface area (Å²) in [6.45, 7) is 22.2. The summed E-state index contributed by atoms with van der Waals surface area (Å²) < 4.78 is 73.9. The standard InChI is InChI=1S/C22H19N2O4.C20H16F3N2.C20H13N4.C17H11F2N2.4C6H5NO2.4Ir/c1-13-14(2)24-20(16-7-11-18(12-8-16)22(26)28-4)19(23-13)15-5-9-17(10-6-15)21(25)27-3;1-12-4-6-15(7-5-12)18-19(25-14(3)13(2)24-18)16-8-10-17(11-9-16)20(21,22)23;1-13-14(2)24-20(17-8-10-18(22-3)11-9-17)19(23-13)16-6-4-15(12-21)5-7-16;1-11-10-20-16(12-2-6-14(18)7-3-12)17(21-11)13-4-8-15(19)9-5-13;4*8-6(9)5-3-1-2-4-7-5;;;;/h5-7,9-12H,1-4H3;4-8,10-11H,1-3H3;4-6,8-11H,1-2H3;2,4-10H,1H3;4*1-4H,(H,8,9);;;;/q4*-1;;;;;;;;. The van der Waals surface area contributed by atoms with E-state index in [9.17, 15) is 50.7 Å². The molecule has 26 nitrogen and oxygen atoms in total. The van der Waals surface area contributed by atoms with Crippen LogP contribution >= 0.6 is 0 Å². The molecular formula is C103H79F5Ir4N14O12-4. The molecule has 0 aliphatic carbocycles. The molecular weight excluding hydrogens is 2490 g/mol. The number of methoxy groups -OCH3 is 2. The molecule has 4 N–H and O–H groups in total. The largest absolute Gasteiger partial charge is 0.477 e. The maximum Gasteiger partial charge on any atom is 0.381 e. The van der Waals surface area contributed by atoms with Gasteiger partial charge in [-0.25, -0.2) is 58.4 Å². The molecule has 8 aromatic heterocycles. The average molecular weight is 2570 g/mol. The van der Waals surface area contributed by atoms with E-state index in [0.29, 0.717) is 73.2 Å². The number of aromatic nitrogens is 12. The van der Waals surface area contributed by atoms with E-state index in [2.05, 4.69) is 85.0 Å². The van der Waals surface area contributed by atoms with E-state index in [0.717, 1.165) is 96.8 Å². The van der Waals surface area contributed by atoms with E-state index in [1.807, 2.05) is 97.9 Å². The molecule has 0 saturated heterocycles. The number of nitrogens with zero attached hydrogens (tertiary/aromatic N) is 14. The fraction of sp³-hybridized carbons (Fsp3) is 0.107. The molecule has 0 atom stereocenters. The summed E-state index contributed by atoms with van der Waals surface area (Å²) in [6.07, 6.45) is 3.04. The zero-order valence-corrected chi connectivity index (χ0v) is 84.1. The van der Waals surface area contributed by atoms with Gasteiger partial charge < -0.3 is 34.9 Å². The van der Waals surface area contributed by atoms with Crippen molar-refractivity contribution in [3.8, 4) is 96.1 Å². The number of aromatic carboxylic acids is 4. The number of carbonyl (C=O) groups excluding carboxylic acids is 2. The topological polar surface area (TPSA) is 385 Å². The summed E-state index contributed by atoms with van der Waals surface area (Å²) in [4.78, 5) is 118. The number of rotatable bonds is 14. The van der Waals surface area contributed by atoms with Gasteiger partial charge >= 0.3 is 36.0 Å². The fourth-order valence-corrected chi connectivity index (χ4v) is 11.5. The SMILES string of the molecule is COC(=O)c1c[c-]c(-c2nc(C)c(C)nc2-c2ccc(C(=O)OC)cc2)cc1.Cc1ccc(-c2nc(C)c(C)nc2-c2[c-]cc(C(F)(F)F)cc2)cc1.Cc1cnc(-c2[c-]cc(F)cc2)c(-c2ccc(F)cc2)n1.O=C(O)c1ccccn1.O=C(O)c1ccccn1.O=C(O)c1ccccn1.O=C(O)c1ccccn1.[C-]#[N+]c1ccc(-c2nc(C)c(C)nc2-c2[c-]cc(C#N)cc2)cc1.[Ir].[Ir].[Ir].[Ir]. The third kappa shape index (κ3) is 33.4. The van der Waals surface area contributed by atoms with E-state index in [1.165, 1.54) is 93.6 Å². The number of alkyl halides is 3. The van der Waals surface area contributed by atoms with Crippen molar-refractivity contribution in [3.05, 3.63) is 411 Å². The molecule has 0 amide bonds. The minimum absolute atomic E-state index is 0. The Hall–Kier alpha value is -15.3. The molecule has 16 rings (SSSR count). The number of carbonyl (C=O) groups is 6. The summed E-state index contributed by atoms with van der Waals surface area (Å²) in [6, 6.07) is 78.8. The van der Waals surface area contributed by atoms with Crippen molar-refractivity contribution >= 4 is 41.5 Å². The minimum Gasteiger partial charge on any atom is -0.477 e. The van der Waals surface area contributed by atoms with Crippen LogP contribution in [0.15, 0.2) is 274 Å². The van der Waals surface area contributed by atoms with Gasteiger partial charge in [0.25, 0.3) is 5.97 Å². The van der Waals surface area contributed by atoms with Crippen LogP contribution in [0.1, 0.15) is 119 Å². The smallest absolute Gasteiger partial charge is 0.381 e. The minimum atomic E-state index is -4.39. The van der Waals surface area contributed by atoms with Crippen LogP contribution in [0, 0.1) is 109 Å². The Morgan fingerprint density at radius 3 is 0.993 bits per heavy atom. The van der Waals surface area contributed by atoms with E-state index in [4.69, 9.17) is 51.7 Å². The number of benzene rings is 8. The van der Waals surface area contributed by atoms with Crippen LogP contribution in [0.25, 0.3) is 94.9 Å². The molecule has 0 saturated carbocycles. The van der Waals surface area contributed by atoms with Gasteiger partial charge in [0.2, 0.25) is 0 Å². The molecule has 138 heavy (non-hydrogen) atoms. The van der Waals surface area contributed by atoms with Crippen molar-refractivity contribution in [3.63, 3.8) is 0 Å². The van der Waals surface area contributed by atoms with Crippen molar-refractivity contribution in [1.29, 1.82) is 5.26 Å². The number of carboxylic acids is 4. The zero-order valence-electron chi connectivity index (χ0n) is 74.5. The van der Waals surface area contributed by atoms with Gasteiger partial charge in [-0.3, -0.25) is 44.1 Å². The van der Waals surface area contributed by atoms with E-state index in [1.54, 1.807) is 140 Å². The summed E-state index contributed by atoms with van der Waals surface area (Å²) in [5.41, 5.74) is 19.4. The molecule has 0 spiro atoms. The molecule has 8 heterocycles. The van der Waals surface area contributed by atoms with Crippen LogP contribution in [0.5, 0.6) is 0 Å². The molecule has 16 aromatic rings. The monoisotopic (exact) mass is 2570 g/mol.